The molecule has 1 aliphatic rings. The van der Waals surface area contributed by atoms with Gasteiger partial charge in [-0.25, -0.2) is 0 Å². The van der Waals surface area contributed by atoms with Gasteiger partial charge < -0.3 is 10.2 Å². The second-order valence-corrected chi connectivity index (χ2v) is 5.93. The standard InChI is InChI=1S/C16H34N2/c1-4-6-7-8-9-10-12-18-13-11-16(17-5-2)14-15(18)3/h15-17H,4-14H2,1-3H3. The predicted octanol–water partition coefficient (Wildman–Crippen LogP) is 3.81. The summed E-state index contributed by atoms with van der Waals surface area (Å²) >= 11 is 0. The van der Waals surface area contributed by atoms with E-state index in [9.17, 15) is 0 Å². The summed E-state index contributed by atoms with van der Waals surface area (Å²) in [6.07, 6.45) is 11.2. The fourth-order valence-corrected chi connectivity index (χ4v) is 3.12. The van der Waals surface area contributed by atoms with Gasteiger partial charge >= 0.3 is 0 Å². The Balaban J connectivity index is 2.05. The first-order valence-corrected chi connectivity index (χ1v) is 8.25. The third-order valence-electron chi connectivity index (χ3n) is 4.31. The van der Waals surface area contributed by atoms with Crippen molar-refractivity contribution >= 4 is 0 Å². The minimum atomic E-state index is 0.769. The number of likely N-dealkylation sites (tertiary alicyclic amines) is 1. The Morgan fingerprint density at radius 2 is 1.78 bits per heavy atom. The molecule has 1 saturated heterocycles. The number of hydrogen-bond acceptors (Lipinski definition) is 2. The molecule has 1 heterocycles. The topological polar surface area (TPSA) is 15.3 Å². The highest BCUT2D eigenvalue weighted by molar-refractivity contribution is 4.82. The van der Waals surface area contributed by atoms with E-state index >= 15 is 0 Å². The highest BCUT2D eigenvalue weighted by Gasteiger charge is 2.23. The van der Waals surface area contributed by atoms with Gasteiger partial charge in [0, 0.05) is 12.1 Å². The number of rotatable bonds is 9. The normalized spacial score (nSPS) is 25.5. The SMILES string of the molecule is CCCCCCCCN1CCC(NCC)CC1C. The van der Waals surface area contributed by atoms with Crippen LogP contribution in [0.3, 0.4) is 0 Å². The second kappa shape index (κ2) is 9.80. The van der Waals surface area contributed by atoms with Crippen molar-refractivity contribution in [1.29, 1.82) is 0 Å². The maximum atomic E-state index is 3.60. The molecule has 0 aromatic rings. The summed E-state index contributed by atoms with van der Waals surface area (Å²) in [5, 5.41) is 3.60. The Hall–Kier alpha value is -0.0800. The second-order valence-electron chi connectivity index (χ2n) is 5.93. The fourth-order valence-electron chi connectivity index (χ4n) is 3.12. The Labute approximate surface area is 115 Å². The molecule has 2 atom stereocenters. The number of unbranched alkanes of at least 4 members (excludes halogenated alkanes) is 5. The van der Waals surface area contributed by atoms with E-state index in [2.05, 4.69) is 31.0 Å². The first kappa shape index (κ1) is 16.0. The zero-order chi connectivity index (χ0) is 13.2. The van der Waals surface area contributed by atoms with Gasteiger partial charge in [0.15, 0.2) is 0 Å². The Morgan fingerprint density at radius 3 is 2.44 bits per heavy atom. The summed E-state index contributed by atoms with van der Waals surface area (Å²) in [5.41, 5.74) is 0. The lowest BCUT2D eigenvalue weighted by atomic mass is 9.97. The van der Waals surface area contributed by atoms with Crippen molar-refractivity contribution in [1.82, 2.24) is 10.2 Å². The van der Waals surface area contributed by atoms with Crippen LogP contribution in [0.2, 0.25) is 0 Å². The number of nitrogens with zero attached hydrogens (tertiary/aromatic N) is 1. The van der Waals surface area contributed by atoms with E-state index in [1.165, 1.54) is 64.5 Å². The average Bonchev–Trinajstić information content (AvgIpc) is 2.36. The van der Waals surface area contributed by atoms with Crippen LogP contribution < -0.4 is 5.32 Å². The molecular weight excluding hydrogens is 220 g/mol. The van der Waals surface area contributed by atoms with E-state index in [4.69, 9.17) is 0 Å². The third kappa shape index (κ3) is 6.19. The summed E-state index contributed by atoms with van der Waals surface area (Å²) in [7, 11) is 0. The first-order chi connectivity index (χ1) is 8.77. The summed E-state index contributed by atoms with van der Waals surface area (Å²) < 4.78 is 0. The van der Waals surface area contributed by atoms with Crippen molar-refractivity contribution in [3.05, 3.63) is 0 Å². The first-order valence-electron chi connectivity index (χ1n) is 8.25. The van der Waals surface area contributed by atoms with Crippen molar-refractivity contribution in [2.75, 3.05) is 19.6 Å². The maximum absolute atomic E-state index is 3.60. The molecule has 0 amide bonds. The quantitative estimate of drug-likeness (QED) is 0.629. The van der Waals surface area contributed by atoms with E-state index in [0.29, 0.717) is 0 Å². The van der Waals surface area contributed by atoms with Gasteiger partial charge in [-0.2, -0.15) is 0 Å². The molecule has 0 saturated carbocycles. The minimum absolute atomic E-state index is 0.769. The smallest absolute Gasteiger partial charge is 0.00939 e. The van der Waals surface area contributed by atoms with Crippen molar-refractivity contribution in [2.24, 2.45) is 0 Å². The van der Waals surface area contributed by atoms with Gasteiger partial charge in [0.2, 0.25) is 0 Å². The number of nitrogens with one attached hydrogen (secondary N) is 1. The average molecular weight is 254 g/mol. The van der Waals surface area contributed by atoms with Crippen LogP contribution in [0.1, 0.15) is 72.1 Å². The highest BCUT2D eigenvalue weighted by Crippen LogP contribution is 2.18. The van der Waals surface area contributed by atoms with E-state index in [1.807, 2.05) is 0 Å². The minimum Gasteiger partial charge on any atom is -0.314 e. The molecule has 2 nitrogen and oxygen atoms in total. The molecule has 1 aliphatic heterocycles. The van der Waals surface area contributed by atoms with Crippen LogP contribution in [0, 0.1) is 0 Å². The lowest BCUT2D eigenvalue weighted by molar-refractivity contribution is 0.134. The van der Waals surface area contributed by atoms with Crippen LogP contribution in [-0.4, -0.2) is 36.6 Å². The van der Waals surface area contributed by atoms with Crippen molar-refractivity contribution < 1.29 is 0 Å². The molecule has 0 aromatic heterocycles. The van der Waals surface area contributed by atoms with Gasteiger partial charge in [0.1, 0.15) is 0 Å². The zero-order valence-corrected chi connectivity index (χ0v) is 12.9. The van der Waals surface area contributed by atoms with Crippen molar-refractivity contribution in [3.63, 3.8) is 0 Å². The van der Waals surface area contributed by atoms with Crippen LogP contribution in [-0.2, 0) is 0 Å². The van der Waals surface area contributed by atoms with Gasteiger partial charge in [-0.05, 0) is 45.8 Å². The summed E-state index contributed by atoms with van der Waals surface area (Å²) in [5.74, 6) is 0. The van der Waals surface area contributed by atoms with E-state index in [1.54, 1.807) is 0 Å². The number of piperidine rings is 1. The van der Waals surface area contributed by atoms with Crippen LogP contribution >= 0.6 is 0 Å². The Kier molecular flexibility index (Phi) is 8.70. The van der Waals surface area contributed by atoms with Gasteiger partial charge in [0.05, 0.1) is 0 Å². The molecule has 0 bridgehead atoms. The number of hydrogen-bond donors (Lipinski definition) is 1. The lowest BCUT2D eigenvalue weighted by Gasteiger charge is -2.38. The molecule has 0 aromatic carbocycles. The fraction of sp³-hybridized carbons (Fsp3) is 1.00. The van der Waals surface area contributed by atoms with Gasteiger partial charge in [-0.15, -0.1) is 0 Å². The third-order valence-corrected chi connectivity index (χ3v) is 4.31. The zero-order valence-electron chi connectivity index (χ0n) is 12.9. The molecule has 108 valence electrons. The van der Waals surface area contributed by atoms with Gasteiger partial charge in [-0.3, -0.25) is 0 Å². The van der Waals surface area contributed by atoms with Crippen LogP contribution in [0.15, 0.2) is 0 Å². The Bertz CT molecular complexity index is 194. The van der Waals surface area contributed by atoms with Crippen molar-refractivity contribution in [3.8, 4) is 0 Å². The monoisotopic (exact) mass is 254 g/mol. The molecule has 18 heavy (non-hydrogen) atoms. The van der Waals surface area contributed by atoms with Crippen LogP contribution in [0.5, 0.6) is 0 Å². The molecule has 0 radical (unpaired) electrons. The molecular formula is C16H34N2. The molecule has 2 heteroatoms. The molecule has 0 spiro atoms. The van der Waals surface area contributed by atoms with Crippen LogP contribution in [0.4, 0.5) is 0 Å². The Morgan fingerprint density at radius 1 is 1.06 bits per heavy atom. The largest absolute Gasteiger partial charge is 0.314 e. The molecule has 2 unspecified atom stereocenters. The molecule has 1 N–H and O–H groups in total. The lowest BCUT2D eigenvalue weighted by Crippen LogP contribution is -2.47. The van der Waals surface area contributed by atoms with Gasteiger partial charge in [0.25, 0.3) is 0 Å². The van der Waals surface area contributed by atoms with Crippen LogP contribution in [0.25, 0.3) is 0 Å². The summed E-state index contributed by atoms with van der Waals surface area (Å²) in [4.78, 5) is 2.70. The maximum Gasteiger partial charge on any atom is 0.00939 e. The molecule has 0 aliphatic carbocycles. The summed E-state index contributed by atoms with van der Waals surface area (Å²) in [6.45, 7) is 10.7. The summed E-state index contributed by atoms with van der Waals surface area (Å²) in [6, 6.07) is 1.55. The molecule has 1 fully saturated rings. The van der Waals surface area contributed by atoms with Gasteiger partial charge in [-0.1, -0.05) is 46.0 Å². The van der Waals surface area contributed by atoms with Crippen molar-refractivity contribution in [2.45, 2.75) is 84.2 Å². The molecule has 1 rings (SSSR count). The van der Waals surface area contributed by atoms with E-state index < -0.39 is 0 Å². The van der Waals surface area contributed by atoms with E-state index in [-0.39, 0.29) is 0 Å². The predicted molar refractivity (Wildman–Crippen MR) is 81.1 cm³/mol. The highest BCUT2D eigenvalue weighted by atomic mass is 15.2. The van der Waals surface area contributed by atoms with E-state index in [0.717, 1.165) is 18.6 Å².